The van der Waals surface area contributed by atoms with Crippen molar-refractivity contribution in [1.29, 1.82) is 0 Å². The molecule has 3 nitrogen and oxygen atoms in total. The molecule has 1 fully saturated rings. The number of nitrogens with zero attached hydrogens (tertiary/aromatic N) is 1. The lowest BCUT2D eigenvalue weighted by Gasteiger charge is -2.16. The van der Waals surface area contributed by atoms with Crippen molar-refractivity contribution in [3.05, 3.63) is 36.0 Å². The molecule has 1 aromatic carbocycles. The first-order chi connectivity index (χ1) is 8.75. The Balaban J connectivity index is 1.88. The van der Waals surface area contributed by atoms with Gasteiger partial charge in [0.1, 0.15) is 0 Å². The second-order valence-electron chi connectivity index (χ2n) is 5.35. The maximum atomic E-state index is 6.40. The average molecular weight is 243 g/mol. The molecule has 0 aliphatic carbocycles. The largest absolute Gasteiger partial charge is 0.350 e. The molecule has 2 atom stereocenters. The van der Waals surface area contributed by atoms with E-state index in [9.17, 15) is 0 Å². The second-order valence-corrected chi connectivity index (χ2v) is 5.35. The van der Waals surface area contributed by atoms with Crippen LogP contribution in [0, 0.1) is 0 Å². The lowest BCUT2D eigenvalue weighted by atomic mass is 9.99. The van der Waals surface area contributed by atoms with Crippen LogP contribution in [0.3, 0.4) is 0 Å². The molecule has 3 rings (SSSR count). The van der Waals surface area contributed by atoms with E-state index in [0.29, 0.717) is 6.04 Å². The summed E-state index contributed by atoms with van der Waals surface area (Å²) >= 11 is 0. The smallest absolute Gasteiger partial charge is 0.0481 e. The van der Waals surface area contributed by atoms with Gasteiger partial charge in [0.2, 0.25) is 0 Å². The molecule has 0 radical (unpaired) electrons. The maximum Gasteiger partial charge on any atom is 0.0481 e. The molecule has 1 aliphatic heterocycles. The van der Waals surface area contributed by atoms with E-state index in [-0.39, 0.29) is 6.04 Å². The lowest BCUT2D eigenvalue weighted by molar-refractivity contribution is 0.500. The maximum absolute atomic E-state index is 6.40. The molecule has 2 aromatic rings. The summed E-state index contributed by atoms with van der Waals surface area (Å²) in [5.74, 6) is 0. The average Bonchev–Trinajstić information content (AvgIpc) is 2.98. The minimum atomic E-state index is 0.131. The van der Waals surface area contributed by atoms with Crippen molar-refractivity contribution < 1.29 is 0 Å². The van der Waals surface area contributed by atoms with Crippen molar-refractivity contribution in [2.75, 3.05) is 6.54 Å². The van der Waals surface area contributed by atoms with Crippen LogP contribution in [0.25, 0.3) is 10.9 Å². The lowest BCUT2D eigenvalue weighted by Crippen LogP contribution is -2.26. The first-order valence-corrected chi connectivity index (χ1v) is 6.78. The first-order valence-electron chi connectivity index (χ1n) is 6.78. The highest BCUT2D eigenvalue weighted by atomic mass is 14.9. The third-order valence-electron chi connectivity index (χ3n) is 4.03. The summed E-state index contributed by atoms with van der Waals surface area (Å²) in [6, 6.07) is 9.22. The molecule has 0 amide bonds. The van der Waals surface area contributed by atoms with Crippen molar-refractivity contribution in [1.82, 2.24) is 9.88 Å². The minimum absolute atomic E-state index is 0.131. The number of benzene rings is 1. The molecule has 1 saturated heterocycles. The van der Waals surface area contributed by atoms with E-state index in [0.717, 1.165) is 13.0 Å². The summed E-state index contributed by atoms with van der Waals surface area (Å²) in [6.45, 7) is 1.15. The number of hydrogen-bond acceptors (Lipinski definition) is 2. The van der Waals surface area contributed by atoms with Crippen molar-refractivity contribution in [3.8, 4) is 0 Å². The van der Waals surface area contributed by atoms with E-state index < -0.39 is 0 Å². The highest BCUT2D eigenvalue weighted by molar-refractivity contribution is 5.84. The van der Waals surface area contributed by atoms with Gasteiger partial charge in [-0.3, -0.25) is 0 Å². The van der Waals surface area contributed by atoms with Gasteiger partial charge in [-0.2, -0.15) is 0 Å². The van der Waals surface area contributed by atoms with Crippen LogP contribution >= 0.6 is 0 Å². The zero-order valence-corrected chi connectivity index (χ0v) is 10.9. The topological polar surface area (TPSA) is 43.0 Å². The fraction of sp³-hybridized carbons (Fsp3) is 0.467. The van der Waals surface area contributed by atoms with Crippen LogP contribution in [0.4, 0.5) is 0 Å². The van der Waals surface area contributed by atoms with E-state index in [2.05, 4.69) is 47.4 Å². The highest BCUT2D eigenvalue weighted by Crippen LogP contribution is 2.28. The third-order valence-corrected chi connectivity index (χ3v) is 4.03. The molecule has 1 aliphatic rings. The minimum Gasteiger partial charge on any atom is -0.350 e. The Kier molecular flexibility index (Phi) is 3.10. The van der Waals surface area contributed by atoms with Crippen LogP contribution in [0.1, 0.15) is 30.9 Å². The fourth-order valence-corrected chi connectivity index (χ4v) is 3.06. The normalized spacial score (nSPS) is 21.6. The van der Waals surface area contributed by atoms with E-state index >= 15 is 0 Å². The number of nitrogens with two attached hydrogens (primary N) is 1. The Bertz CT molecular complexity index is 538. The quantitative estimate of drug-likeness (QED) is 0.869. The van der Waals surface area contributed by atoms with Gasteiger partial charge in [0.05, 0.1) is 0 Å². The fourth-order valence-electron chi connectivity index (χ4n) is 3.06. The zero-order chi connectivity index (χ0) is 12.5. The number of aromatic nitrogens is 1. The molecular formula is C15H21N3. The van der Waals surface area contributed by atoms with E-state index in [1.807, 2.05) is 0 Å². The first kappa shape index (κ1) is 11.8. The third kappa shape index (κ3) is 2.04. The van der Waals surface area contributed by atoms with E-state index in [4.69, 9.17) is 5.73 Å². The molecule has 0 spiro atoms. The van der Waals surface area contributed by atoms with Gasteiger partial charge in [-0.25, -0.2) is 0 Å². The van der Waals surface area contributed by atoms with Gasteiger partial charge in [-0.15, -0.1) is 0 Å². The molecule has 2 unspecified atom stereocenters. The standard InChI is InChI=1S/C15H21N3/c1-18-10-13(12-6-2-3-7-15(12)18)14(16)9-11-5-4-8-17-11/h2-3,6-7,10-11,14,17H,4-5,8-9,16H2,1H3. The molecule has 2 heterocycles. The highest BCUT2D eigenvalue weighted by Gasteiger charge is 2.20. The number of hydrogen-bond donors (Lipinski definition) is 2. The number of para-hydroxylation sites is 1. The molecule has 96 valence electrons. The van der Waals surface area contributed by atoms with Gasteiger partial charge in [0.15, 0.2) is 0 Å². The van der Waals surface area contributed by atoms with Crippen LogP contribution < -0.4 is 11.1 Å². The van der Waals surface area contributed by atoms with Gasteiger partial charge in [-0.05, 0) is 37.4 Å². The van der Waals surface area contributed by atoms with Gasteiger partial charge in [0, 0.05) is 36.2 Å². The van der Waals surface area contributed by atoms with Gasteiger partial charge < -0.3 is 15.6 Å². The Morgan fingerprint density at radius 2 is 2.28 bits per heavy atom. The Morgan fingerprint density at radius 3 is 3.06 bits per heavy atom. The predicted molar refractivity (Wildman–Crippen MR) is 75.5 cm³/mol. The van der Waals surface area contributed by atoms with Crippen LogP contribution in [-0.4, -0.2) is 17.2 Å². The van der Waals surface area contributed by atoms with Crippen molar-refractivity contribution in [2.45, 2.75) is 31.3 Å². The van der Waals surface area contributed by atoms with Gasteiger partial charge in [-0.1, -0.05) is 18.2 Å². The Hall–Kier alpha value is -1.32. The second kappa shape index (κ2) is 4.75. The molecule has 3 N–H and O–H groups in total. The molecule has 0 bridgehead atoms. The van der Waals surface area contributed by atoms with E-state index in [1.54, 1.807) is 0 Å². The summed E-state index contributed by atoms with van der Waals surface area (Å²) in [4.78, 5) is 0. The number of fused-ring (bicyclic) bond motifs is 1. The van der Waals surface area contributed by atoms with Crippen molar-refractivity contribution in [3.63, 3.8) is 0 Å². The summed E-state index contributed by atoms with van der Waals surface area (Å²) in [5.41, 5.74) is 8.95. The van der Waals surface area contributed by atoms with Crippen molar-refractivity contribution >= 4 is 10.9 Å². The number of rotatable bonds is 3. The van der Waals surface area contributed by atoms with E-state index in [1.165, 1.54) is 29.3 Å². The van der Waals surface area contributed by atoms with Crippen molar-refractivity contribution in [2.24, 2.45) is 12.8 Å². The summed E-state index contributed by atoms with van der Waals surface area (Å²) in [7, 11) is 2.09. The monoisotopic (exact) mass is 243 g/mol. The SMILES string of the molecule is Cn1cc(C(N)CC2CCCN2)c2ccccc21. The summed E-state index contributed by atoms with van der Waals surface area (Å²) < 4.78 is 2.17. The number of aryl methyl sites for hydroxylation is 1. The molecule has 18 heavy (non-hydrogen) atoms. The molecule has 3 heteroatoms. The Labute approximate surface area is 108 Å². The van der Waals surface area contributed by atoms with Gasteiger partial charge in [0.25, 0.3) is 0 Å². The summed E-state index contributed by atoms with van der Waals surface area (Å²) in [6.07, 6.45) is 5.77. The van der Waals surface area contributed by atoms with Crippen LogP contribution in [0.5, 0.6) is 0 Å². The van der Waals surface area contributed by atoms with Crippen LogP contribution in [0.2, 0.25) is 0 Å². The summed E-state index contributed by atoms with van der Waals surface area (Å²) in [5, 5.41) is 4.82. The number of nitrogens with one attached hydrogen (secondary N) is 1. The Morgan fingerprint density at radius 1 is 1.44 bits per heavy atom. The van der Waals surface area contributed by atoms with Gasteiger partial charge >= 0.3 is 0 Å². The van der Waals surface area contributed by atoms with Crippen LogP contribution in [-0.2, 0) is 7.05 Å². The zero-order valence-electron chi connectivity index (χ0n) is 10.9. The predicted octanol–water partition coefficient (Wildman–Crippen LogP) is 2.32. The molecule has 0 saturated carbocycles. The molecule has 1 aromatic heterocycles. The van der Waals surface area contributed by atoms with Crippen LogP contribution in [0.15, 0.2) is 30.5 Å². The molecular weight excluding hydrogens is 222 g/mol.